The second-order valence-electron chi connectivity index (χ2n) is 7.18. The Balaban J connectivity index is 2.25. The van der Waals surface area contributed by atoms with Crippen LogP contribution < -0.4 is 16.0 Å². The maximum atomic E-state index is 12.9. The lowest BCUT2D eigenvalue weighted by Gasteiger charge is -2.19. The van der Waals surface area contributed by atoms with Crippen LogP contribution in [-0.4, -0.2) is 43.1 Å². The van der Waals surface area contributed by atoms with Crippen molar-refractivity contribution in [1.29, 1.82) is 0 Å². The molecule has 0 fully saturated rings. The normalized spacial score (nSPS) is 11.5. The van der Waals surface area contributed by atoms with E-state index in [1.165, 1.54) is 12.1 Å². The van der Waals surface area contributed by atoms with Gasteiger partial charge in [-0.25, -0.2) is 4.79 Å². The van der Waals surface area contributed by atoms with Gasteiger partial charge in [0.1, 0.15) is 5.60 Å². The fourth-order valence-electron chi connectivity index (χ4n) is 2.22. The minimum absolute atomic E-state index is 0.0462. The number of benzene rings is 1. The molecule has 3 N–H and O–H groups in total. The molecule has 0 aliphatic carbocycles. The summed E-state index contributed by atoms with van der Waals surface area (Å²) >= 11 is 0. The number of hydrogen-bond acceptors (Lipinski definition) is 4. The molecule has 0 spiro atoms. The van der Waals surface area contributed by atoms with Gasteiger partial charge in [-0.2, -0.15) is 13.2 Å². The van der Waals surface area contributed by atoms with Crippen LogP contribution in [0.3, 0.4) is 0 Å². The molecule has 29 heavy (non-hydrogen) atoms. The lowest BCUT2D eigenvalue weighted by atomic mass is 10.1. The Morgan fingerprint density at radius 2 is 1.55 bits per heavy atom. The van der Waals surface area contributed by atoms with Crippen molar-refractivity contribution in [2.45, 2.75) is 45.4 Å². The van der Waals surface area contributed by atoms with Gasteiger partial charge in [0, 0.05) is 26.1 Å². The summed E-state index contributed by atoms with van der Waals surface area (Å²) in [5.41, 5.74) is -2.07. The van der Waals surface area contributed by atoms with E-state index in [1.807, 2.05) is 0 Å². The largest absolute Gasteiger partial charge is 0.444 e. The molecule has 0 bridgehead atoms. The van der Waals surface area contributed by atoms with Crippen LogP contribution in [0.1, 0.15) is 49.5 Å². The number of hydrogen-bond donors (Lipinski definition) is 3. The van der Waals surface area contributed by atoms with E-state index >= 15 is 0 Å². The first kappa shape index (κ1) is 24.3. The zero-order valence-corrected chi connectivity index (χ0v) is 16.6. The standard InChI is InChI=1S/C19H26F3N3O4/c1-18(2,3)29-17(28)25-12-9-15(26)23-10-6-11-24-16(27)13-7-4-5-8-14(13)19(20,21)22/h4-5,7-8H,6,9-12H2,1-3H3,(H,23,26)(H,24,27)(H,25,28). The van der Waals surface area contributed by atoms with E-state index in [0.717, 1.165) is 12.1 Å². The van der Waals surface area contributed by atoms with Gasteiger partial charge in [0.2, 0.25) is 5.91 Å². The number of carbonyl (C=O) groups is 3. The fourth-order valence-corrected chi connectivity index (χ4v) is 2.22. The molecular formula is C19H26F3N3O4. The highest BCUT2D eigenvalue weighted by Crippen LogP contribution is 2.31. The van der Waals surface area contributed by atoms with Gasteiger partial charge in [-0.15, -0.1) is 0 Å². The van der Waals surface area contributed by atoms with Crippen molar-refractivity contribution >= 4 is 17.9 Å². The highest BCUT2D eigenvalue weighted by atomic mass is 19.4. The smallest absolute Gasteiger partial charge is 0.417 e. The molecule has 1 aromatic carbocycles. The Hall–Kier alpha value is -2.78. The summed E-state index contributed by atoms with van der Waals surface area (Å²) in [6.07, 6.45) is -4.85. The predicted molar refractivity (Wildman–Crippen MR) is 100 cm³/mol. The quantitative estimate of drug-likeness (QED) is 0.567. The minimum atomic E-state index is -4.62. The number of nitrogens with one attached hydrogen (secondary N) is 3. The monoisotopic (exact) mass is 417 g/mol. The minimum Gasteiger partial charge on any atom is -0.444 e. The molecule has 162 valence electrons. The summed E-state index contributed by atoms with van der Waals surface area (Å²) in [4.78, 5) is 35.1. The second kappa shape index (κ2) is 10.7. The Morgan fingerprint density at radius 1 is 0.931 bits per heavy atom. The molecule has 0 radical (unpaired) electrons. The molecule has 0 aliphatic rings. The molecule has 0 heterocycles. The van der Waals surface area contributed by atoms with Crippen molar-refractivity contribution < 1.29 is 32.3 Å². The molecule has 0 atom stereocenters. The average molecular weight is 417 g/mol. The number of halogens is 3. The maximum Gasteiger partial charge on any atom is 0.417 e. The summed E-state index contributed by atoms with van der Waals surface area (Å²) in [6.45, 7) is 5.60. The van der Waals surface area contributed by atoms with E-state index in [-0.39, 0.29) is 32.0 Å². The van der Waals surface area contributed by atoms with Crippen molar-refractivity contribution in [2.24, 2.45) is 0 Å². The van der Waals surface area contributed by atoms with Gasteiger partial charge in [0.05, 0.1) is 11.1 Å². The van der Waals surface area contributed by atoms with E-state index < -0.39 is 34.9 Å². The van der Waals surface area contributed by atoms with Crippen LogP contribution in [0.25, 0.3) is 0 Å². The van der Waals surface area contributed by atoms with Gasteiger partial charge in [-0.05, 0) is 39.3 Å². The van der Waals surface area contributed by atoms with Gasteiger partial charge >= 0.3 is 12.3 Å². The van der Waals surface area contributed by atoms with E-state index in [2.05, 4.69) is 16.0 Å². The molecule has 0 unspecified atom stereocenters. The van der Waals surface area contributed by atoms with Crippen LogP contribution >= 0.6 is 0 Å². The lowest BCUT2D eigenvalue weighted by Crippen LogP contribution is -2.35. The summed E-state index contributed by atoms with van der Waals surface area (Å²) in [5.74, 6) is -1.14. The molecule has 0 aliphatic heterocycles. The SMILES string of the molecule is CC(C)(C)OC(=O)NCCC(=O)NCCCNC(=O)c1ccccc1C(F)(F)F. The van der Waals surface area contributed by atoms with E-state index in [0.29, 0.717) is 6.42 Å². The molecule has 1 aromatic rings. The highest BCUT2D eigenvalue weighted by molar-refractivity contribution is 5.95. The Kier molecular flexibility index (Phi) is 8.93. The van der Waals surface area contributed by atoms with E-state index in [4.69, 9.17) is 4.74 Å². The maximum absolute atomic E-state index is 12.9. The highest BCUT2D eigenvalue weighted by Gasteiger charge is 2.34. The number of ether oxygens (including phenoxy) is 1. The summed E-state index contributed by atoms with van der Waals surface area (Å²) in [5, 5.41) is 7.44. The molecule has 0 aromatic heterocycles. The van der Waals surface area contributed by atoms with Crippen LogP contribution in [0.4, 0.5) is 18.0 Å². The molecule has 7 nitrogen and oxygen atoms in total. The Morgan fingerprint density at radius 3 is 2.17 bits per heavy atom. The summed E-state index contributed by atoms with van der Waals surface area (Å²) in [7, 11) is 0. The number of alkyl carbamates (subject to hydrolysis) is 1. The van der Waals surface area contributed by atoms with Gasteiger partial charge < -0.3 is 20.7 Å². The molecule has 0 saturated heterocycles. The topological polar surface area (TPSA) is 96.5 Å². The van der Waals surface area contributed by atoms with Crippen LogP contribution in [0.15, 0.2) is 24.3 Å². The Bertz CT molecular complexity index is 715. The first-order valence-electron chi connectivity index (χ1n) is 9.08. The van der Waals surface area contributed by atoms with Crippen LogP contribution in [0, 0.1) is 0 Å². The molecule has 1 rings (SSSR count). The van der Waals surface area contributed by atoms with Crippen LogP contribution in [0.2, 0.25) is 0 Å². The first-order chi connectivity index (χ1) is 13.4. The lowest BCUT2D eigenvalue weighted by molar-refractivity contribution is -0.138. The van der Waals surface area contributed by atoms with E-state index in [1.54, 1.807) is 20.8 Å². The predicted octanol–water partition coefficient (Wildman–Crippen LogP) is 2.86. The number of alkyl halides is 3. The fraction of sp³-hybridized carbons (Fsp3) is 0.526. The summed E-state index contributed by atoms with van der Waals surface area (Å²) < 4.78 is 43.8. The van der Waals surface area contributed by atoms with Gasteiger partial charge in [-0.3, -0.25) is 9.59 Å². The molecule has 10 heteroatoms. The zero-order chi connectivity index (χ0) is 22.1. The van der Waals surface area contributed by atoms with E-state index in [9.17, 15) is 27.6 Å². The van der Waals surface area contributed by atoms with Gasteiger partial charge in [0.25, 0.3) is 5.91 Å². The van der Waals surface area contributed by atoms with Crippen LogP contribution in [-0.2, 0) is 15.7 Å². The second-order valence-corrected chi connectivity index (χ2v) is 7.18. The van der Waals surface area contributed by atoms with Crippen molar-refractivity contribution in [3.05, 3.63) is 35.4 Å². The average Bonchev–Trinajstić information content (AvgIpc) is 2.59. The third-order valence-corrected chi connectivity index (χ3v) is 3.46. The van der Waals surface area contributed by atoms with Gasteiger partial charge in [0.15, 0.2) is 0 Å². The third kappa shape index (κ3) is 9.82. The van der Waals surface area contributed by atoms with Crippen molar-refractivity contribution in [2.75, 3.05) is 19.6 Å². The number of amides is 3. The van der Waals surface area contributed by atoms with Crippen molar-refractivity contribution in [3.63, 3.8) is 0 Å². The van der Waals surface area contributed by atoms with Crippen LogP contribution in [0.5, 0.6) is 0 Å². The molecule has 3 amide bonds. The first-order valence-corrected chi connectivity index (χ1v) is 9.08. The Labute approximate surface area is 167 Å². The number of rotatable bonds is 8. The zero-order valence-electron chi connectivity index (χ0n) is 16.6. The van der Waals surface area contributed by atoms with Gasteiger partial charge in [-0.1, -0.05) is 12.1 Å². The molecule has 0 saturated carbocycles. The molecular weight excluding hydrogens is 391 g/mol. The third-order valence-electron chi connectivity index (χ3n) is 3.46. The number of carbonyl (C=O) groups excluding carboxylic acids is 3. The van der Waals surface area contributed by atoms with Crippen molar-refractivity contribution in [3.8, 4) is 0 Å². The van der Waals surface area contributed by atoms with Crippen molar-refractivity contribution in [1.82, 2.24) is 16.0 Å². The summed E-state index contributed by atoms with van der Waals surface area (Å²) in [6, 6.07) is 4.53.